The van der Waals surface area contributed by atoms with Crippen molar-refractivity contribution in [2.75, 3.05) is 12.0 Å². The summed E-state index contributed by atoms with van der Waals surface area (Å²) in [7, 11) is 0. The summed E-state index contributed by atoms with van der Waals surface area (Å²) in [6.45, 7) is 2.04. The van der Waals surface area contributed by atoms with Gasteiger partial charge in [-0.15, -0.1) is 0 Å². The zero-order chi connectivity index (χ0) is 26.6. The average molecular weight is 555 g/mol. The lowest BCUT2D eigenvalue weighted by Gasteiger charge is -2.14. The zero-order valence-electron chi connectivity index (χ0n) is 18.1. The highest BCUT2D eigenvalue weighted by atomic mass is 35.5. The van der Waals surface area contributed by atoms with E-state index in [9.17, 15) is 30.7 Å². The summed E-state index contributed by atoms with van der Waals surface area (Å²) >= 11 is 12.0. The van der Waals surface area contributed by atoms with E-state index in [-0.39, 0.29) is 24.5 Å². The lowest BCUT2D eigenvalue weighted by atomic mass is 10.1. The van der Waals surface area contributed by atoms with E-state index in [1.807, 2.05) is 0 Å². The molecule has 3 aromatic carbocycles. The van der Waals surface area contributed by atoms with Gasteiger partial charge in [-0.2, -0.15) is 18.3 Å². The highest BCUT2D eigenvalue weighted by Crippen LogP contribution is 2.38. The Morgan fingerprint density at radius 3 is 2.14 bits per heavy atom. The van der Waals surface area contributed by atoms with E-state index < -0.39 is 40.7 Å². The van der Waals surface area contributed by atoms with Gasteiger partial charge in [0.25, 0.3) is 0 Å². The Balaban J connectivity index is 1.80. The van der Waals surface area contributed by atoms with Crippen LogP contribution in [0.5, 0.6) is 11.5 Å². The number of hydrogen-bond acceptors (Lipinski definition) is 4. The minimum absolute atomic E-state index is 0.0780. The number of halogens is 9. The Kier molecular flexibility index (Phi) is 8.57. The molecule has 0 heterocycles. The van der Waals surface area contributed by atoms with Gasteiger partial charge in [0.2, 0.25) is 0 Å². The van der Waals surface area contributed by atoms with E-state index in [0.717, 1.165) is 6.21 Å². The smallest absolute Gasteiger partial charge is 0.422 e. The fourth-order valence-electron chi connectivity index (χ4n) is 2.94. The number of rotatable bonds is 8. The number of ether oxygens (including phenoxy) is 2. The van der Waals surface area contributed by atoms with Gasteiger partial charge in [0.05, 0.1) is 12.8 Å². The van der Waals surface area contributed by atoms with Crippen LogP contribution in [-0.4, -0.2) is 12.8 Å². The van der Waals surface area contributed by atoms with Crippen LogP contribution in [0.4, 0.5) is 36.4 Å². The number of anilines is 1. The van der Waals surface area contributed by atoms with E-state index in [1.54, 1.807) is 30.5 Å². The first-order valence-electron chi connectivity index (χ1n) is 9.99. The molecule has 0 saturated heterocycles. The molecule has 0 amide bonds. The van der Waals surface area contributed by atoms with Crippen LogP contribution in [-0.2, 0) is 12.8 Å². The van der Waals surface area contributed by atoms with Crippen molar-refractivity contribution < 1.29 is 40.2 Å². The van der Waals surface area contributed by atoms with E-state index in [1.165, 1.54) is 18.2 Å². The average Bonchev–Trinajstić information content (AvgIpc) is 2.80. The van der Waals surface area contributed by atoms with E-state index in [4.69, 9.17) is 32.7 Å². The highest BCUT2D eigenvalue weighted by Gasteiger charge is 2.42. The fourth-order valence-corrected chi connectivity index (χ4v) is 3.40. The van der Waals surface area contributed by atoms with Gasteiger partial charge in [0.15, 0.2) is 34.8 Å². The van der Waals surface area contributed by atoms with Crippen LogP contribution >= 0.6 is 23.2 Å². The molecule has 0 bridgehead atoms. The number of hydrogen-bond donors (Lipinski definition) is 1. The van der Waals surface area contributed by atoms with Gasteiger partial charge in [0.1, 0.15) is 17.9 Å². The summed E-state index contributed by atoms with van der Waals surface area (Å²) in [5.41, 5.74) is -1.58. The summed E-state index contributed by atoms with van der Waals surface area (Å²) in [6.07, 6.45) is -4.65. The molecule has 0 spiro atoms. The summed E-state index contributed by atoms with van der Waals surface area (Å²) in [5.74, 6) is -9.18. The molecule has 0 radical (unpaired) electrons. The molecule has 0 fully saturated rings. The summed E-state index contributed by atoms with van der Waals surface area (Å²) < 4.78 is 105. The number of benzene rings is 3. The SMILES string of the molecule is CCOc1cc(/C=N/Nc2c(F)c(F)c(C(F)(F)F)c(F)c2F)ccc1OCc1ccc(Cl)cc1Cl. The topological polar surface area (TPSA) is 42.8 Å². The molecule has 3 rings (SSSR count). The molecule has 0 atom stereocenters. The Labute approximate surface area is 210 Å². The molecule has 0 unspecified atom stereocenters. The molecule has 13 heteroatoms. The molecule has 36 heavy (non-hydrogen) atoms. The van der Waals surface area contributed by atoms with Crippen molar-refractivity contribution in [3.8, 4) is 11.5 Å². The van der Waals surface area contributed by atoms with Crippen molar-refractivity contribution in [3.05, 3.63) is 86.4 Å². The Morgan fingerprint density at radius 2 is 1.56 bits per heavy atom. The number of hydrazone groups is 1. The standard InChI is InChI=1S/C23H15Cl2F7N2O2/c1-2-35-16-7-11(3-6-15(16)36-10-12-4-5-13(24)8-14(12)25)9-33-34-22-20(28)18(26)17(23(30,31)32)19(27)21(22)29/h3-9,34H,2,10H2,1H3/b33-9+. The van der Waals surface area contributed by atoms with E-state index in [0.29, 0.717) is 21.4 Å². The second-order valence-electron chi connectivity index (χ2n) is 7.04. The lowest BCUT2D eigenvalue weighted by Crippen LogP contribution is -2.16. The second kappa shape index (κ2) is 11.3. The summed E-state index contributed by atoms with van der Waals surface area (Å²) in [4.78, 5) is 0. The first kappa shape index (κ1) is 27.4. The first-order valence-corrected chi connectivity index (χ1v) is 10.7. The zero-order valence-corrected chi connectivity index (χ0v) is 19.6. The maximum Gasteiger partial charge on any atom is 0.422 e. The van der Waals surface area contributed by atoms with Crippen molar-refractivity contribution >= 4 is 35.1 Å². The molecule has 0 aromatic heterocycles. The van der Waals surface area contributed by atoms with Crippen molar-refractivity contribution in [3.63, 3.8) is 0 Å². The van der Waals surface area contributed by atoms with Gasteiger partial charge >= 0.3 is 6.18 Å². The van der Waals surface area contributed by atoms with Crippen LogP contribution < -0.4 is 14.9 Å². The molecule has 0 aliphatic rings. The molecule has 0 aliphatic heterocycles. The quantitative estimate of drug-likeness (QED) is 0.133. The summed E-state index contributed by atoms with van der Waals surface area (Å²) in [6, 6.07) is 9.28. The van der Waals surface area contributed by atoms with Crippen LogP contribution in [0.3, 0.4) is 0 Å². The fraction of sp³-hybridized carbons (Fsp3) is 0.174. The first-order chi connectivity index (χ1) is 16.9. The minimum Gasteiger partial charge on any atom is -0.490 e. The van der Waals surface area contributed by atoms with Crippen LogP contribution in [0.1, 0.15) is 23.6 Å². The lowest BCUT2D eigenvalue weighted by molar-refractivity contribution is -0.143. The third-order valence-corrected chi connectivity index (χ3v) is 5.19. The maximum absolute atomic E-state index is 14.0. The van der Waals surface area contributed by atoms with Gasteiger partial charge in [-0.1, -0.05) is 29.3 Å². The van der Waals surface area contributed by atoms with Crippen LogP contribution in [0, 0.1) is 23.3 Å². The van der Waals surface area contributed by atoms with Gasteiger partial charge in [-0.3, -0.25) is 5.43 Å². The number of nitrogens with one attached hydrogen (secondary N) is 1. The van der Waals surface area contributed by atoms with Crippen molar-refractivity contribution in [1.29, 1.82) is 0 Å². The molecule has 1 N–H and O–H groups in total. The number of alkyl halides is 3. The highest BCUT2D eigenvalue weighted by molar-refractivity contribution is 6.35. The molecular formula is C23H15Cl2F7N2O2. The van der Waals surface area contributed by atoms with E-state index in [2.05, 4.69) is 5.10 Å². The Bertz CT molecular complexity index is 1270. The van der Waals surface area contributed by atoms with Crippen LogP contribution in [0.2, 0.25) is 10.0 Å². The predicted molar refractivity (Wildman–Crippen MR) is 121 cm³/mol. The maximum atomic E-state index is 14.0. The predicted octanol–water partition coefficient (Wildman–Crippen LogP) is 7.99. The van der Waals surface area contributed by atoms with Crippen molar-refractivity contribution in [2.24, 2.45) is 5.10 Å². The van der Waals surface area contributed by atoms with Crippen molar-refractivity contribution in [1.82, 2.24) is 0 Å². The van der Waals surface area contributed by atoms with Crippen LogP contribution in [0.15, 0.2) is 41.5 Å². The number of nitrogens with zero attached hydrogens (tertiary/aromatic N) is 1. The van der Waals surface area contributed by atoms with Gasteiger partial charge in [0, 0.05) is 15.6 Å². The normalized spacial score (nSPS) is 11.7. The minimum atomic E-state index is -5.64. The molecule has 4 nitrogen and oxygen atoms in total. The molecule has 0 aliphatic carbocycles. The molecule has 3 aromatic rings. The van der Waals surface area contributed by atoms with Gasteiger partial charge in [-0.25, -0.2) is 17.6 Å². The third-order valence-electron chi connectivity index (χ3n) is 4.60. The Hall–Kier alpha value is -3.18. The third kappa shape index (κ3) is 6.14. The summed E-state index contributed by atoms with van der Waals surface area (Å²) in [5, 5.41) is 4.31. The molecule has 0 saturated carbocycles. The van der Waals surface area contributed by atoms with Gasteiger partial charge in [-0.05, 0) is 42.8 Å². The van der Waals surface area contributed by atoms with Crippen LogP contribution in [0.25, 0.3) is 0 Å². The molecule has 192 valence electrons. The second-order valence-corrected chi connectivity index (χ2v) is 7.88. The van der Waals surface area contributed by atoms with Gasteiger partial charge < -0.3 is 9.47 Å². The monoisotopic (exact) mass is 554 g/mol. The Morgan fingerprint density at radius 1 is 0.889 bits per heavy atom. The molecular weight excluding hydrogens is 540 g/mol. The van der Waals surface area contributed by atoms with Crippen molar-refractivity contribution in [2.45, 2.75) is 19.7 Å². The largest absolute Gasteiger partial charge is 0.490 e. The van der Waals surface area contributed by atoms with E-state index >= 15 is 0 Å².